The van der Waals surface area contributed by atoms with Crippen LogP contribution in [-0.2, 0) is 13.5 Å². The highest BCUT2D eigenvalue weighted by Crippen LogP contribution is 2.03. The molecule has 1 N–H and O–H groups in total. The Bertz CT molecular complexity index is 346. The van der Waals surface area contributed by atoms with E-state index in [-0.39, 0.29) is 5.56 Å². The smallest absolute Gasteiger partial charge is 0.241 e. The average molecular weight is 199 g/mol. The van der Waals surface area contributed by atoms with Crippen LogP contribution in [0, 0.1) is 0 Å². The van der Waals surface area contributed by atoms with Gasteiger partial charge in [-0.05, 0) is 24.4 Å². The van der Waals surface area contributed by atoms with E-state index in [1.54, 1.807) is 17.8 Å². The van der Waals surface area contributed by atoms with E-state index in [1.807, 2.05) is 17.9 Å². The molecule has 72 valence electrons. The minimum Gasteiger partial charge on any atom is -0.241 e. The van der Waals surface area contributed by atoms with Crippen molar-refractivity contribution in [2.24, 2.45) is 7.05 Å². The van der Waals surface area contributed by atoms with E-state index in [0.717, 1.165) is 23.7 Å². The lowest BCUT2D eigenvalue weighted by atomic mass is 10.2. The molecule has 0 bridgehead atoms. The zero-order chi connectivity index (χ0) is 9.84. The number of aromatic nitrogens is 2. The van der Waals surface area contributed by atoms with Crippen LogP contribution in [0.1, 0.15) is 19.0 Å². The van der Waals surface area contributed by atoms with Crippen molar-refractivity contribution in [1.29, 1.82) is 0 Å². The number of nitrogens with zero attached hydrogens (tertiary/aromatic N) is 1. The number of hydrogen-bond acceptors (Lipinski definition) is 2. The molecule has 0 amide bonds. The van der Waals surface area contributed by atoms with E-state index in [2.05, 4.69) is 11.9 Å². The standard InChI is InChI=1S/C9H14N2OS/c1-4-5-7-6-8(12)10-9(13-3)11(7)2/h6H,4-5H2,1-3H3/p+1. The van der Waals surface area contributed by atoms with Crippen LogP contribution in [0.2, 0.25) is 0 Å². The third-order valence-corrected chi connectivity index (χ3v) is 2.73. The molecule has 0 unspecified atom stereocenters. The molecule has 0 aromatic carbocycles. The molecule has 1 aromatic heterocycles. The Balaban J connectivity index is 3.19. The van der Waals surface area contributed by atoms with E-state index in [1.165, 1.54) is 0 Å². The van der Waals surface area contributed by atoms with E-state index in [4.69, 9.17) is 0 Å². The first-order chi connectivity index (χ1) is 6.19. The molecule has 4 heteroatoms. The fraction of sp³-hybridized carbons (Fsp3) is 0.556. The zero-order valence-electron chi connectivity index (χ0n) is 8.26. The van der Waals surface area contributed by atoms with Crippen LogP contribution in [0.15, 0.2) is 16.0 Å². The Kier molecular flexibility index (Phi) is 3.54. The molecule has 0 atom stereocenters. The van der Waals surface area contributed by atoms with Crippen LogP contribution in [0.5, 0.6) is 0 Å². The Labute approximate surface area is 82.2 Å². The maximum Gasteiger partial charge on any atom is 0.336 e. The van der Waals surface area contributed by atoms with Gasteiger partial charge >= 0.3 is 10.7 Å². The molecule has 13 heavy (non-hydrogen) atoms. The second kappa shape index (κ2) is 4.46. The SMILES string of the molecule is CCCc1cc(=O)[nH]c(SC)[n+]1C. The molecule has 0 fully saturated rings. The third kappa shape index (κ3) is 2.34. The van der Waals surface area contributed by atoms with Crippen molar-refractivity contribution >= 4 is 11.8 Å². The molecule has 0 saturated heterocycles. The summed E-state index contributed by atoms with van der Waals surface area (Å²) in [5.74, 6) is 0. The van der Waals surface area contributed by atoms with Crippen molar-refractivity contribution in [1.82, 2.24) is 4.98 Å². The van der Waals surface area contributed by atoms with Gasteiger partial charge in [-0.2, -0.15) is 0 Å². The van der Waals surface area contributed by atoms with Gasteiger partial charge in [-0.1, -0.05) is 6.92 Å². The Morgan fingerprint density at radius 3 is 2.85 bits per heavy atom. The highest BCUT2D eigenvalue weighted by Gasteiger charge is 2.10. The molecule has 1 aromatic rings. The van der Waals surface area contributed by atoms with Crippen LogP contribution in [0.4, 0.5) is 0 Å². The maximum absolute atomic E-state index is 11.2. The van der Waals surface area contributed by atoms with Crippen LogP contribution >= 0.6 is 11.8 Å². The van der Waals surface area contributed by atoms with Gasteiger partial charge in [0.25, 0.3) is 0 Å². The van der Waals surface area contributed by atoms with Gasteiger partial charge in [0, 0.05) is 6.42 Å². The summed E-state index contributed by atoms with van der Waals surface area (Å²) in [7, 11) is 1.98. The fourth-order valence-corrected chi connectivity index (χ4v) is 1.88. The summed E-state index contributed by atoms with van der Waals surface area (Å²) < 4.78 is 2.04. The Morgan fingerprint density at radius 2 is 2.31 bits per heavy atom. The van der Waals surface area contributed by atoms with Crippen molar-refractivity contribution in [3.63, 3.8) is 0 Å². The second-order valence-corrected chi connectivity index (χ2v) is 3.74. The second-order valence-electron chi connectivity index (χ2n) is 2.94. The number of nitrogens with one attached hydrogen (secondary N) is 1. The predicted octanol–water partition coefficient (Wildman–Crippen LogP) is 0.874. The van der Waals surface area contributed by atoms with E-state index in [0.29, 0.717) is 0 Å². The Hall–Kier alpha value is -0.770. The van der Waals surface area contributed by atoms with Crippen molar-refractivity contribution < 1.29 is 4.57 Å². The van der Waals surface area contributed by atoms with Crippen LogP contribution in [0.25, 0.3) is 0 Å². The monoisotopic (exact) mass is 199 g/mol. The van der Waals surface area contributed by atoms with Gasteiger partial charge in [-0.3, -0.25) is 0 Å². The lowest BCUT2D eigenvalue weighted by Crippen LogP contribution is -2.40. The van der Waals surface area contributed by atoms with Crippen LogP contribution in [-0.4, -0.2) is 11.2 Å². The third-order valence-electron chi connectivity index (χ3n) is 1.96. The van der Waals surface area contributed by atoms with Gasteiger partial charge in [-0.15, -0.1) is 0 Å². The lowest BCUT2D eigenvalue weighted by molar-refractivity contribution is -0.720. The molecule has 0 aliphatic heterocycles. The first-order valence-corrected chi connectivity index (χ1v) is 5.57. The maximum atomic E-state index is 11.2. The van der Waals surface area contributed by atoms with Gasteiger partial charge in [-0.25, -0.2) is 14.3 Å². The lowest BCUT2D eigenvalue weighted by Gasteiger charge is -2.02. The molecule has 0 spiro atoms. The minimum absolute atomic E-state index is 0.00843. The number of aromatic amines is 1. The highest BCUT2D eigenvalue weighted by molar-refractivity contribution is 7.98. The number of rotatable bonds is 3. The topological polar surface area (TPSA) is 36.7 Å². The molecular formula is C9H15N2OS+. The summed E-state index contributed by atoms with van der Waals surface area (Å²) in [6, 6.07) is 1.67. The fourth-order valence-electron chi connectivity index (χ4n) is 1.29. The molecule has 0 aliphatic rings. The molecule has 3 nitrogen and oxygen atoms in total. The van der Waals surface area contributed by atoms with Gasteiger partial charge in [0.05, 0.1) is 13.1 Å². The van der Waals surface area contributed by atoms with Gasteiger partial charge in [0.1, 0.15) is 5.69 Å². The van der Waals surface area contributed by atoms with Gasteiger partial charge in [0.15, 0.2) is 0 Å². The summed E-state index contributed by atoms with van der Waals surface area (Å²) in [6.07, 6.45) is 3.97. The van der Waals surface area contributed by atoms with Crippen molar-refractivity contribution in [3.05, 3.63) is 22.1 Å². The van der Waals surface area contributed by atoms with Crippen LogP contribution in [0.3, 0.4) is 0 Å². The quantitative estimate of drug-likeness (QED) is 0.445. The van der Waals surface area contributed by atoms with Gasteiger partial charge < -0.3 is 0 Å². The summed E-state index contributed by atoms with van der Waals surface area (Å²) in [5.41, 5.74) is 1.08. The number of hydrogen-bond donors (Lipinski definition) is 1. The van der Waals surface area contributed by atoms with Crippen molar-refractivity contribution in [2.75, 3.05) is 6.26 Å². The van der Waals surface area contributed by atoms with E-state index < -0.39 is 0 Å². The molecule has 0 saturated carbocycles. The number of aryl methyl sites for hydroxylation is 1. The van der Waals surface area contributed by atoms with Crippen molar-refractivity contribution in [3.8, 4) is 0 Å². The molecular weight excluding hydrogens is 184 g/mol. The zero-order valence-corrected chi connectivity index (χ0v) is 9.07. The van der Waals surface area contributed by atoms with Crippen LogP contribution < -0.4 is 10.1 Å². The number of thioether (sulfide) groups is 1. The van der Waals surface area contributed by atoms with Gasteiger partial charge in [0.2, 0.25) is 0 Å². The average Bonchev–Trinajstić information content (AvgIpc) is 2.11. The minimum atomic E-state index is -0.00843. The number of H-pyrrole nitrogens is 1. The van der Waals surface area contributed by atoms with E-state index >= 15 is 0 Å². The summed E-state index contributed by atoms with van der Waals surface area (Å²) in [4.78, 5) is 14.0. The first-order valence-electron chi connectivity index (χ1n) is 4.35. The molecule has 0 radical (unpaired) electrons. The highest BCUT2D eigenvalue weighted by atomic mass is 32.2. The normalized spacial score (nSPS) is 10.4. The molecule has 0 aliphatic carbocycles. The summed E-state index contributed by atoms with van der Waals surface area (Å²) in [5, 5.41) is 0.913. The molecule has 1 heterocycles. The Morgan fingerprint density at radius 1 is 1.62 bits per heavy atom. The molecule has 1 rings (SSSR count). The predicted molar refractivity (Wildman–Crippen MR) is 54.0 cm³/mol. The van der Waals surface area contributed by atoms with Crippen molar-refractivity contribution in [2.45, 2.75) is 24.9 Å². The first kappa shape index (κ1) is 10.3. The largest absolute Gasteiger partial charge is 0.336 e. The van der Waals surface area contributed by atoms with E-state index in [9.17, 15) is 4.79 Å². The summed E-state index contributed by atoms with van der Waals surface area (Å²) >= 11 is 1.56. The summed E-state index contributed by atoms with van der Waals surface area (Å²) in [6.45, 7) is 2.11.